The highest BCUT2D eigenvalue weighted by atomic mass is 16.7. The average Bonchev–Trinajstić information content (AvgIpc) is 2.69. The topological polar surface area (TPSA) is 58.9 Å². The molecule has 1 aromatic carbocycles. The van der Waals surface area contributed by atoms with Gasteiger partial charge in [0.2, 0.25) is 0 Å². The number of benzene rings is 1. The minimum absolute atomic E-state index is 0.00673. The molecular formula is C24H42O4. The molecule has 0 bridgehead atoms. The number of phenolic OH excluding ortho intramolecular Hbond substituents is 2. The van der Waals surface area contributed by atoms with Crippen LogP contribution in [0.5, 0.6) is 11.5 Å². The predicted molar refractivity (Wildman–Crippen MR) is 116 cm³/mol. The maximum Gasteiger partial charge on any atom is 0.160 e. The molecule has 162 valence electrons. The zero-order valence-corrected chi connectivity index (χ0v) is 18.1. The van der Waals surface area contributed by atoms with Crippen LogP contribution in [0.3, 0.4) is 0 Å². The zero-order valence-electron chi connectivity index (χ0n) is 18.1. The van der Waals surface area contributed by atoms with Crippen LogP contribution in [0, 0.1) is 0 Å². The minimum atomic E-state index is -0.170. The fraction of sp³-hybridized carbons (Fsp3) is 0.750. The van der Waals surface area contributed by atoms with Crippen LogP contribution in [0.25, 0.3) is 0 Å². The van der Waals surface area contributed by atoms with Crippen LogP contribution in [0.1, 0.15) is 96.5 Å². The van der Waals surface area contributed by atoms with Crippen molar-refractivity contribution >= 4 is 0 Å². The van der Waals surface area contributed by atoms with E-state index in [1.807, 2.05) is 6.07 Å². The normalized spacial score (nSPS) is 11.4. The van der Waals surface area contributed by atoms with E-state index in [2.05, 4.69) is 13.8 Å². The van der Waals surface area contributed by atoms with Crippen LogP contribution >= 0.6 is 0 Å². The number of rotatable bonds is 18. The van der Waals surface area contributed by atoms with Crippen molar-refractivity contribution in [3.63, 3.8) is 0 Å². The number of para-hydroxylation sites is 1. The Morgan fingerprint density at radius 2 is 1.32 bits per heavy atom. The maximum atomic E-state index is 9.94. The Kier molecular flexibility index (Phi) is 14.8. The summed E-state index contributed by atoms with van der Waals surface area (Å²) >= 11 is 0. The van der Waals surface area contributed by atoms with Gasteiger partial charge in [0.1, 0.15) is 0 Å². The monoisotopic (exact) mass is 394 g/mol. The molecule has 0 saturated heterocycles. The number of ether oxygens (including phenoxy) is 2. The van der Waals surface area contributed by atoms with E-state index < -0.39 is 0 Å². The van der Waals surface area contributed by atoms with Crippen molar-refractivity contribution in [2.75, 3.05) is 13.2 Å². The molecule has 0 aliphatic carbocycles. The highest BCUT2D eigenvalue weighted by Gasteiger charge is 2.11. The molecule has 2 N–H and O–H groups in total. The Bertz CT molecular complexity index is 473. The van der Waals surface area contributed by atoms with E-state index in [4.69, 9.17) is 9.47 Å². The van der Waals surface area contributed by atoms with Crippen molar-refractivity contribution < 1.29 is 19.7 Å². The predicted octanol–water partition coefficient (Wildman–Crippen LogP) is 6.72. The van der Waals surface area contributed by atoms with Gasteiger partial charge in [0, 0.05) is 13.2 Å². The zero-order chi connectivity index (χ0) is 20.5. The van der Waals surface area contributed by atoms with Crippen molar-refractivity contribution in [2.45, 2.75) is 104 Å². The molecule has 0 amide bonds. The minimum Gasteiger partial charge on any atom is -0.504 e. The Balaban J connectivity index is 2.32. The Morgan fingerprint density at radius 3 is 1.89 bits per heavy atom. The van der Waals surface area contributed by atoms with E-state index in [1.165, 1.54) is 57.4 Å². The van der Waals surface area contributed by atoms with Gasteiger partial charge in [0.05, 0.1) is 0 Å². The largest absolute Gasteiger partial charge is 0.504 e. The van der Waals surface area contributed by atoms with Crippen LogP contribution in [-0.4, -0.2) is 29.7 Å². The lowest BCUT2D eigenvalue weighted by Crippen LogP contribution is -2.19. The van der Waals surface area contributed by atoms with Gasteiger partial charge < -0.3 is 19.7 Å². The van der Waals surface area contributed by atoms with Gasteiger partial charge in [-0.2, -0.15) is 0 Å². The third-order valence-electron chi connectivity index (χ3n) is 5.09. The van der Waals surface area contributed by atoms with Gasteiger partial charge in [-0.05, 0) is 43.7 Å². The summed E-state index contributed by atoms with van der Waals surface area (Å²) in [5, 5.41) is 19.6. The fourth-order valence-electron chi connectivity index (χ4n) is 3.29. The second kappa shape index (κ2) is 16.7. The number of hydrogen-bond acceptors (Lipinski definition) is 4. The summed E-state index contributed by atoms with van der Waals surface area (Å²) in [5.74, 6) is -0.0616. The number of unbranched alkanes of at least 4 members (excludes halogenated alkanes) is 8. The average molecular weight is 395 g/mol. The summed E-state index contributed by atoms with van der Waals surface area (Å²) in [6, 6.07) is 5.12. The molecule has 1 aromatic rings. The van der Waals surface area contributed by atoms with Crippen molar-refractivity contribution in [3.8, 4) is 11.5 Å². The van der Waals surface area contributed by atoms with Crippen molar-refractivity contribution in [1.82, 2.24) is 0 Å². The van der Waals surface area contributed by atoms with Gasteiger partial charge >= 0.3 is 0 Å². The lowest BCUT2D eigenvalue weighted by Gasteiger charge is -2.19. The molecule has 4 nitrogen and oxygen atoms in total. The summed E-state index contributed by atoms with van der Waals surface area (Å²) in [6.07, 6.45) is 14.5. The molecule has 0 aliphatic heterocycles. The lowest BCUT2D eigenvalue weighted by molar-refractivity contribution is -0.147. The van der Waals surface area contributed by atoms with Gasteiger partial charge in [-0.1, -0.05) is 77.3 Å². The molecule has 0 saturated carbocycles. The van der Waals surface area contributed by atoms with Crippen molar-refractivity contribution in [3.05, 3.63) is 23.8 Å². The molecule has 0 spiro atoms. The first kappa shape index (κ1) is 24.8. The summed E-state index contributed by atoms with van der Waals surface area (Å²) in [6.45, 7) is 5.96. The molecule has 0 unspecified atom stereocenters. The van der Waals surface area contributed by atoms with E-state index in [-0.39, 0.29) is 17.8 Å². The Hall–Kier alpha value is -1.26. The highest BCUT2D eigenvalue weighted by molar-refractivity contribution is 5.44. The van der Waals surface area contributed by atoms with E-state index in [9.17, 15) is 10.2 Å². The molecule has 0 aliphatic rings. The van der Waals surface area contributed by atoms with Crippen molar-refractivity contribution in [1.29, 1.82) is 0 Å². The van der Waals surface area contributed by atoms with Gasteiger partial charge in [0.25, 0.3) is 0 Å². The summed E-state index contributed by atoms with van der Waals surface area (Å²) in [5.41, 5.74) is 0.776. The SMILES string of the molecule is CCCCCCCOC(CCCc1cccc(O)c1O)OCCCCCCC. The first-order chi connectivity index (χ1) is 13.7. The molecule has 1 rings (SSSR count). The summed E-state index contributed by atoms with van der Waals surface area (Å²) in [7, 11) is 0. The third kappa shape index (κ3) is 11.6. The van der Waals surface area contributed by atoms with E-state index in [0.717, 1.165) is 44.5 Å². The van der Waals surface area contributed by atoms with Gasteiger partial charge in [-0.25, -0.2) is 0 Å². The molecule has 0 aromatic heterocycles. The first-order valence-corrected chi connectivity index (χ1v) is 11.4. The molecule has 4 heteroatoms. The second-order valence-electron chi connectivity index (χ2n) is 7.68. The number of aromatic hydroxyl groups is 2. The molecular weight excluding hydrogens is 352 g/mol. The van der Waals surface area contributed by atoms with Crippen LogP contribution in [0.2, 0.25) is 0 Å². The number of hydrogen-bond donors (Lipinski definition) is 2. The Morgan fingerprint density at radius 1 is 0.750 bits per heavy atom. The van der Waals surface area contributed by atoms with Crippen LogP contribution in [-0.2, 0) is 15.9 Å². The van der Waals surface area contributed by atoms with Gasteiger partial charge in [0.15, 0.2) is 17.8 Å². The van der Waals surface area contributed by atoms with E-state index in [1.54, 1.807) is 6.07 Å². The smallest absolute Gasteiger partial charge is 0.160 e. The van der Waals surface area contributed by atoms with E-state index >= 15 is 0 Å². The maximum absolute atomic E-state index is 9.94. The number of aryl methyl sites for hydroxylation is 1. The molecule has 0 fully saturated rings. The van der Waals surface area contributed by atoms with Crippen LogP contribution < -0.4 is 0 Å². The summed E-state index contributed by atoms with van der Waals surface area (Å²) < 4.78 is 12.0. The van der Waals surface area contributed by atoms with Gasteiger partial charge in [-0.3, -0.25) is 0 Å². The quantitative estimate of drug-likeness (QED) is 0.165. The van der Waals surface area contributed by atoms with E-state index in [0.29, 0.717) is 6.42 Å². The summed E-state index contributed by atoms with van der Waals surface area (Å²) in [4.78, 5) is 0. The third-order valence-corrected chi connectivity index (χ3v) is 5.09. The molecule has 0 radical (unpaired) electrons. The number of phenols is 2. The standard InChI is InChI=1S/C24H42O4/c1-3-5-7-9-11-19-27-23(28-20-12-10-8-6-4-2)18-14-16-21-15-13-17-22(25)24(21)26/h13,15,17,23,25-26H,3-12,14,16,18-20H2,1-2H3. The second-order valence-corrected chi connectivity index (χ2v) is 7.68. The molecule has 0 heterocycles. The highest BCUT2D eigenvalue weighted by Crippen LogP contribution is 2.29. The molecule has 28 heavy (non-hydrogen) atoms. The van der Waals surface area contributed by atoms with Crippen LogP contribution in [0.15, 0.2) is 18.2 Å². The Labute approximate surface area is 172 Å². The van der Waals surface area contributed by atoms with Gasteiger partial charge in [-0.15, -0.1) is 0 Å². The van der Waals surface area contributed by atoms with Crippen molar-refractivity contribution in [2.24, 2.45) is 0 Å². The first-order valence-electron chi connectivity index (χ1n) is 11.4. The molecule has 0 atom stereocenters. The van der Waals surface area contributed by atoms with Crippen LogP contribution in [0.4, 0.5) is 0 Å². The lowest BCUT2D eigenvalue weighted by atomic mass is 10.1. The fourth-order valence-corrected chi connectivity index (χ4v) is 3.29.